The summed E-state index contributed by atoms with van der Waals surface area (Å²) in [4.78, 5) is 25.7. The zero-order valence-corrected chi connectivity index (χ0v) is 12.7. The van der Waals surface area contributed by atoms with Crippen LogP contribution >= 0.6 is 0 Å². The predicted octanol–water partition coefficient (Wildman–Crippen LogP) is 1.03. The zero-order valence-electron chi connectivity index (χ0n) is 12.7. The van der Waals surface area contributed by atoms with E-state index in [0.717, 1.165) is 5.56 Å². The molecule has 5 N–H and O–H groups in total. The highest BCUT2D eigenvalue weighted by Gasteiger charge is 2.31. The number of hydrogen-bond donors (Lipinski definition) is 3. The number of hydrazine groups is 1. The van der Waals surface area contributed by atoms with Gasteiger partial charge in [0.15, 0.2) is 11.5 Å². The number of carbonyl (C=O) groups is 2. The van der Waals surface area contributed by atoms with Crippen LogP contribution < -0.4 is 26.6 Å². The summed E-state index contributed by atoms with van der Waals surface area (Å²) in [6.45, 7) is -0.220. The SMILES string of the molecule is NNC(=O)CN1C(=O)/C(=C\c2ccccc2)Oc2cc(N)ccc21. The molecule has 2 amide bonds. The van der Waals surface area contributed by atoms with Crippen molar-refractivity contribution in [1.29, 1.82) is 0 Å². The molecule has 1 aliphatic rings. The number of amides is 2. The summed E-state index contributed by atoms with van der Waals surface area (Å²) < 4.78 is 5.70. The number of nitrogens with zero attached hydrogens (tertiary/aromatic N) is 1. The van der Waals surface area contributed by atoms with Crippen LogP contribution in [0.25, 0.3) is 6.08 Å². The van der Waals surface area contributed by atoms with Crippen LogP contribution in [-0.4, -0.2) is 18.4 Å². The maximum absolute atomic E-state index is 12.7. The maximum atomic E-state index is 12.7. The second-order valence-corrected chi connectivity index (χ2v) is 5.21. The van der Waals surface area contributed by atoms with Gasteiger partial charge in [0.25, 0.3) is 11.8 Å². The highest BCUT2D eigenvalue weighted by atomic mass is 16.5. The fraction of sp³-hybridized carbons (Fsp3) is 0.0588. The average Bonchev–Trinajstić information content (AvgIpc) is 2.59. The molecule has 0 aliphatic carbocycles. The Hall–Kier alpha value is -3.32. The van der Waals surface area contributed by atoms with E-state index in [0.29, 0.717) is 17.1 Å². The van der Waals surface area contributed by atoms with Gasteiger partial charge in [-0.2, -0.15) is 0 Å². The van der Waals surface area contributed by atoms with Gasteiger partial charge in [0.1, 0.15) is 6.54 Å². The fourth-order valence-electron chi connectivity index (χ4n) is 2.38. The summed E-state index contributed by atoms with van der Waals surface area (Å²) in [6.07, 6.45) is 1.61. The summed E-state index contributed by atoms with van der Waals surface area (Å²) in [5, 5.41) is 0. The van der Waals surface area contributed by atoms with Gasteiger partial charge in [-0.05, 0) is 23.8 Å². The van der Waals surface area contributed by atoms with Gasteiger partial charge in [-0.15, -0.1) is 0 Å². The van der Waals surface area contributed by atoms with Crippen LogP contribution in [0.2, 0.25) is 0 Å². The molecule has 1 heterocycles. The van der Waals surface area contributed by atoms with Crippen LogP contribution in [0.1, 0.15) is 5.56 Å². The van der Waals surface area contributed by atoms with Crippen LogP contribution in [0.4, 0.5) is 11.4 Å². The molecular weight excluding hydrogens is 308 g/mol. The van der Waals surface area contributed by atoms with E-state index in [1.165, 1.54) is 4.90 Å². The second kappa shape index (κ2) is 6.43. The summed E-state index contributed by atoms with van der Waals surface area (Å²) in [6, 6.07) is 14.1. The summed E-state index contributed by atoms with van der Waals surface area (Å²) in [5.74, 6) is 4.71. The highest BCUT2D eigenvalue weighted by Crippen LogP contribution is 2.37. The minimum atomic E-state index is -0.493. The lowest BCUT2D eigenvalue weighted by molar-refractivity contribution is -0.123. The van der Waals surface area contributed by atoms with Gasteiger partial charge in [0.2, 0.25) is 0 Å². The Morgan fingerprint density at radius 3 is 2.67 bits per heavy atom. The Balaban J connectivity index is 2.04. The average molecular weight is 324 g/mol. The smallest absolute Gasteiger partial charge is 0.294 e. The van der Waals surface area contributed by atoms with Gasteiger partial charge in [-0.3, -0.25) is 19.9 Å². The Morgan fingerprint density at radius 2 is 1.96 bits per heavy atom. The van der Waals surface area contributed by atoms with Gasteiger partial charge in [-0.25, -0.2) is 5.84 Å². The molecule has 0 spiro atoms. The lowest BCUT2D eigenvalue weighted by atomic mass is 10.1. The van der Waals surface area contributed by atoms with Crippen molar-refractivity contribution in [2.24, 2.45) is 5.84 Å². The molecule has 0 saturated carbocycles. The third-order valence-corrected chi connectivity index (χ3v) is 3.51. The second-order valence-electron chi connectivity index (χ2n) is 5.21. The zero-order chi connectivity index (χ0) is 17.1. The molecule has 3 rings (SSSR count). The molecule has 122 valence electrons. The van der Waals surface area contributed by atoms with E-state index in [1.54, 1.807) is 24.3 Å². The Kier molecular flexibility index (Phi) is 4.17. The largest absolute Gasteiger partial charge is 0.449 e. The normalized spacial score (nSPS) is 15.0. The lowest BCUT2D eigenvalue weighted by Crippen LogP contribution is -2.45. The fourth-order valence-corrected chi connectivity index (χ4v) is 2.38. The van der Waals surface area contributed by atoms with Crippen molar-refractivity contribution in [3.05, 3.63) is 59.9 Å². The number of ether oxygens (including phenoxy) is 1. The maximum Gasteiger partial charge on any atom is 0.294 e. The third kappa shape index (κ3) is 3.06. The standard InChI is InChI=1S/C17H16N4O3/c18-12-6-7-13-14(9-12)24-15(8-11-4-2-1-3-5-11)17(23)21(13)10-16(22)20-19/h1-9H,10,18-19H2,(H,20,22)/b15-8+. The minimum Gasteiger partial charge on any atom is -0.449 e. The van der Waals surface area contributed by atoms with Crippen molar-refractivity contribution in [3.8, 4) is 5.75 Å². The summed E-state index contributed by atoms with van der Waals surface area (Å²) in [7, 11) is 0. The topological polar surface area (TPSA) is 111 Å². The lowest BCUT2D eigenvalue weighted by Gasteiger charge is -2.30. The van der Waals surface area contributed by atoms with Gasteiger partial charge in [0, 0.05) is 11.8 Å². The molecule has 1 aliphatic heterocycles. The van der Waals surface area contributed by atoms with E-state index >= 15 is 0 Å². The monoisotopic (exact) mass is 324 g/mol. The number of fused-ring (bicyclic) bond motifs is 1. The van der Waals surface area contributed by atoms with Crippen LogP contribution in [0.5, 0.6) is 5.75 Å². The molecular formula is C17H16N4O3. The van der Waals surface area contributed by atoms with Crippen molar-refractivity contribution in [1.82, 2.24) is 5.43 Å². The number of nitrogens with two attached hydrogens (primary N) is 2. The number of rotatable bonds is 3. The third-order valence-electron chi connectivity index (χ3n) is 3.51. The number of nitrogen functional groups attached to an aromatic ring is 1. The van der Waals surface area contributed by atoms with Crippen LogP contribution in [-0.2, 0) is 9.59 Å². The first-order valence-electron chi connectivity index (χ1n) is 7.24. The van der Waals surface area contributed by atoms with E-state index in [-0.39, 0.29) is 12.3 Å². The summed E-state index contributed by atoms with van der Waals surface area (Å²) >= 11 is 0. The molecule has 0 unspecified atom stereocenters. The molecule has 7 heteroatoms. The molecule has 7 nitrogen and oxygen atoms in total. The Morgan fingerprint density at radius 1 is 1.21 bits per heavy atom. The molecule has 0 radical (unpaired) electrons. The Labute approximate surface area is 138 Å². The number of anilines is 2. The molecule has 2 aromatic carbocycles. The predicted molar refractivity (Wildman–Crippen MR) is 90.6 cm³/mol. The summed E-state index contributed by atoms with van der Waals surface area (Å²) in [5.41, 5.74) is 9.56. The highest BCUT2D eigenvalue weighted by molar-refractivity contribution is 6.12. The first-order chi connectivity index (χ1) is 11.6. The van der Waals surface area contributed by atoms with E-state index in [1.807, 2.05) is 35.8 Å². The molecule has 24 heavy (non-hydrogen) atoms. The van der Waals surface area contributed by atoms with Crippen molar-refractivity contribution < 1.29 is 14.3 Å². The van der Waals surface area contributed by atoms with Crippen LogP contribution in [0.15, 0.2) is 54.3 Å². The number of nitrogens with one attached hydrogen (secondary N) is 1. The van der Waals surface area contributed by atoms with Crippen molar-refractivity contribution in [2.75, 3.05) is 17.2 Å². The Bertz CT molecular complexity index is 818. The molecule has 2 aromatic rings. The van der Waals surface area contributed by atoms with Crippen LogP contribution in [0.3, 0.4) is 0 Å². The van der Waals surface area contributed by atoms with Gasteiger partial charge in [-0.1, -0.05) is 30.3 Å². The van der Waals surface area contributed by atoms with Gasteiger partial charge in [0.05, 0.1) is 5.69 Å². The molecule has 0 atom stereocenters. The van der Waals surface area contributed by atoms with Gasteiger partial charge >= 0.3 is 0 Å². The van der Waals surface area contributed by atoms with Crippen molar-refractivity contribution >= 4 is 29.3 Å². The van der Waals surface area contributed by atoms with Gasteiger partial charge < -0.3 is 10.5 Å². The first-order valence-corrected chi connectivity index (χ1v) is 7.24. The van der Waals surface area contributed by atoms with E-state index < -0.39 is 11.8 Å². The molecule has 0 saturated heterocycles. The molecule has 0 fully saturated rings. The van der Waals surface area contributed by atoms with Crippen LogP contribution in [0, 0.1) is 0 Å². The van der Waals surface area contributed by atoms with Crippen molar-refractivity contribution in [2.45, 2.75) is 0 Å². The van der Waals surface area contributed by atoms with E-state index in [9.17, 15) is 9.59 Å². The van der Waals surface area contributed by atoms with E-state index in [4.69, 9.17) is 16.3 Å². The van der Waals surface area contributed by atoms with Crippen molar-refractivity contribution in [3.63, 3.8) is 0 Å². The minimum absolute atomic E-state index is 0.101. The molecule has 0 aromatic heterocycles. The quantitative estimate of drug-likeness (QED) is 0.257. The first kappa shape index (κ1) is 15.6. The number of carbonyl (C=O) groups excluding carboxylic acids is 2. The number of hydrogen-bond acceptors (Lipinski definition) is 5. The van der Waals surface area contributed by atoms with E-state index in [2.05, 4.69) is 0 Å². The molecule has 0 bridgehead atoms. The number of benzene rings is 2.